The van der Waals surface area contributed by atoms with Gasteiger partial charge in [0.05, 0.1) is 11.6 Å². The molecule has 0 bridgehead atoms. The lowest BCUT2D eigenvalue weighted by atomic mass is 9.99. The highest BCUT2D eigenvalue weighted by Crippen LogP contribution is 2.40. The van der Waals surface area contributed by atoms with Crippen LogP contribution in [-0.2, 0) is 4.74 Å². The smallest absolute Gasteiger partial charge is 0.228 e. The Hall–Kier alpha value is -2.96. The number of methoxy groups -OCH3 is 1. The number of allylic oxidation sites excluding steroid dienone is 3. The van der Waals surface area contributed by atoms with Crippen molar-refractivity contribution in [2.75, 3.05) is 44.2 Å². The van der Waals surface area contributed by atoms with Gasteiger partial charge in [-0.1, -0.05) is 20.9 Å². The molecule has 3 heterocycles. The summed E-state index contributed by atoms with van der Waals surface area (Å²) in [4.78, 5) is 17.1. The topological polar surface area (TPSA) is 75.2 Å². The number of ether oxygens (including phenoxy) is 1. The summed E-state index contributed by atoms with van der Waals surface area (Å²) in [6.45, 7) is 13.3. The van der Waals surface area contributed by atoms with E-state index in [9.17, 15) is 0 Å². The first-order chi connectivity index (χ1) is 20.3. The van der Waals surface area contributed by atoms with Gasteiger partial charge >= 0.3 is 0 Å². The van der Waals surface area contributed by atoms with Crippen LogP contribution in [0.15, 0.2) is 53.5 Å². The first-order valence-corrected chi connectivity index (χ1v) is 17.7. The largest absolute Gasteiger partial charge is 0.376 e. The van der Waals surface area contributed by atoms with Crippen LogP contribution < -0.4 is 21.4 Å². The van der Waals surface area contributed by atoms with Crippen molar-refractivity contribution in [3.63, 3.8) is 0 Å². The van der Waals surface area contributed by atoms with Crippen molar-refractivity contribution in [2.24, 2.45) is 0 Å². The van der Waals surface area contributed by atoms with E-state index in [0.717, 1.165) is 47.7 Å². The van der Waals surface area contributed by atoms with Gasteiger partial charge in [-0.25, -0.2) is 4.98 Å². The van der Waals surface area contributed by atoms with Gasteiger partial charge in [0.25, 0.3) is 0 Å². The van der Waals surface area contributed by atoms with Gasteiger partial charge in [-0.2, -0.15) is 4.98 Å². The van der Waals surface area contributed by atoms with Crippen molar-refractivity contribution in [1.82, 2.24) is 19.9 Å². The summed E-state index contributed by atoms with van der Waals surface area (Å²) in [6, 6.07) is 8.82. The zero-order valence-electron chi connectivity index (χ0n) is 26.4. The Labute approximate surface area is 253 Å². The minimum absolute atomic E-state index is 0.0387. The Morgan fingerprint density at radius 3 is 2.57 bits per heavy atom. The van der Waals surface area contributed by atoms with Gasteiger partial charge in [-0.3, -0.25) is 4.98 Å². The Morgan fingerprint density at radius 2 is 1.90 bits per heavy atom. The number of likely N-dealkylation sites (tertiary alicyclic amines) is 1. The summed E-state index contributed by atoms with van der Waals surface area (Å²) in [5.74, 6) is 2.06. The minimum atomic E-state index is -0.375. The summed E-state index contributed by atoms with van der Waals surface area (Å²) in [5.41, 5.74) is 7.95. The molecule has 3 aromatic rings. The zero-order chi connectivity index (χ0) is 29.8. The molecule has 9 heteroatoms. The van der Waals surface area contributed by atoms with Gasteiger partial charge in [0.1, 0.15) is 13.7 Å². The summed E-state index contributed by atoms with van der Waals surface area (Å²) >= 11 is 0. The third kappa shape index (κ3) is 6.98. The van der Waals surface area contributed by atoms with E-state index in [2.05, 4.69) is 92.8 Å². The van der Waals surface area contributed by atoms with Crippen molar-refractivity contribution in [2.45, 2.75) is 71.3 Å². The van der Waals surface area contributed by atoms with Crippen molar-refractivity contribution in [3.05, 3.63) is 59.2 Å². The highest BCUT2D eigenvalue weighted by molar-refractivity contribution is 7.65. The van der Waals surface area contributed by atoms with E-state index >= 15 is 0 Å². The maximum absolute atomic E-state index is 5.77. The summed E-state index contributed by atoms with van der Waals surface area (Å²) < 4.78 is 5.77. The lowest BCUT2D eigenvalue weighted by molar-refractivity contribution is 0.109. The number of nitrogens with one attached hydrogen (secondary N) is 2. The fourth-order valence-electron chi connectivity index (χ4n) is 5.80. The standard InChI is InChI=1S/C33H46BN6OP/c1-7-26(21(2)19-30(22(3)41-4)40-17-9-8-10-18-40)38-33-35-20-25(34)32(39-33)37-29-16-15-28-24(31(29)42(5)6)13-14-27(36-28)23-11-12-23/h13-16,19-20,22-23H,7-12,17-18,34H2,1-6H3,(H2,35,37,38,39)/b26-21+,30-19+. The fourth-order valence-corrected chi connectivity index (χ4v) is 7.08. The number of anilines is 3. The Balaban J connectivity index is 1.42. The number of benzene rings is 1. The number of nitrogens with zero attached hydrogens (tertiary/aromatic N) is 4. The third-order valence-electron chi connectivity index (χ3n) is 8.48. The first-order valence-electron chi connectivity index (χ1n) is 15.5. The van der Waals surface area contributed by atoms with E-state index in [1.165, 1.54) is 59.8 Å². The lowest BCUT2D eigenvalue weighted by Crippen LogP contribution is -2.34. The SMILES string of the molecule is Bc1cnc(N/C(CC)=C(C)/C=C(\C(C)OC)N2CCCCC2)nc1Nc1ccc2nc(C3CC3)ccc2c1P(C)C. The van der Waals surface area contributed by atoms with E-state index in [4.69, 9.17) is 14.7 Å². The summed E-state index contributed by atoms with van der Waals surface area (Å²) in [6.07, 6.45) is 11.4. The van der Waals surface area contributed by atoms with Gasteiger partial charge < -0.3 is 20.3 Å². The third-order valence-corrected chi connectivity index (χ3v) is 9.86. The lowest BCUT2D eigenvalue weighted by Gasteiger charge is -2.34. The number of pyridine rings is 1. The van der Waals surface area contributed by atoms with Crippen molar-refractivity contribution < 1.29 is 4.74 Å². The maximum atomic E-state index is 5.77. The van der Waals surface area contributed by atoms with Crippen LogP contribution in [-0.4, -0.2) is 67.3 Å². The Kier molecular flexibility index (Phi) is 9.85. The van der Waals surface area contributed by atoms with Crippen molar-refractivity contribution in [1.29, 1.82) is 0 Å². The second-order valence-corrected chi connectivity index (χ2v) is 14.2. The molecule has 7 nitrogen and oxygen atoms in total. The predicted molar refractivity (Wildman–Crippen MR) is 182 cm³/mol. The number of hydrogen-bond acceptors (Lipinski definition) is 7. The van der Waals surface area contributed by atoms with Crippen LogP contribution in [0.5, 0.6) is 0 Å². The van der Waals surface area contributed by atoms with E-state index in [1.807, 2.05) is 6.20 Å². The fraction of sp³-hybridized carbons (Fsp3) is 0.485. The molecule has 5 rings (SSSR count). The van der Waals surface area contributed by atoms with E-state index in [-0.39, 0.29) is 14.0 Å². The molecule has 2 fully saturated rings. The van der Waals surface area contributed by atoms with Gasteiger partial charge in [-0.05, 0) is 101 Å². The van der Waals surface area contributed by atoms with Crippen LogP contribution in [0.1, 0.15) is 70.9 Å². The Morgan fingerprint density at radius 1 is 1.14 bits per heavy atom. The molecule has 1 aromatic carbocycles. The first kappa shape index (κ1) is 30.5. The molecular formula is C33H46BN6OP. The molecule has 1 saturated carbocycles. The number of rotatable bonds is 11. The second-order valence-electron chi connectivity index (χ2n) is 11.9. The van der Waals surface area contributed by atoms with Gasteiger partial charge in [0.15, 0.2) is 0 Å². The minimum Gasteiger partial charge on any atom is -0.376 e. The number of piperidine rings is 1. The quantitative estimate of drug-likeness (QED) is 0.168. The monoisotopic (exact) mass is 584 g/mol. The van der Waals surface area contributed by atoms with E-state index in [1.54, 1.807) is 7.11 Å². The summed E-state index contributed by atoms with van der Waals surface area (Å²) in [7, 11) is 3.47. The van der Waals surface area contributed by atoms with Gasteiger partial charge in [0, 0.05) is 65.8 Å². The molecule has 0 radical (unpaired) electrons. The number of aromatic nitrogens is 3. The van der Waals surface area contributed by atoms with Crippen molar-refractivity contribution >= 4 is 54.9 Å². The average molecular weight is 585 g/mol. The molecule has 0 amide bonds. The summed E-state index contributed by atoms with van der Waals surface area (Å²) in [5, 5.41) is 9.78. The van der Waals surface area contributed by atoms with Crippen LogP contribution >= 0.6 is 7.92 Å². The van der Waals surface area contributed by atoms with Crippen LogP contribution in [0.2, 0.25) is 0 Å². The molecule has 2 N–H and O–H groups in total. The number of fused-ring (bicyclic) bond motifs is 1. The van der Waals surface area contributed by atoms with E-state index in [0.29, 0.717) is 11.9 Å². The van der Waals surface area contributed by atoms with Gasteiger partial charge in [0.2, 0.25) is 5.95 Å². The molecular weight excluding hydrogens is 538 g/mol. The van der Waals surface area contributed by atoms with E-state index < -0.39 is 0 Å². The molecule has 1 unspecified atom stereocenters. The van der Waals surface area contributed by atoms with Crippen LogP contribution in [0.4, 0.5) is 17.5 Å². The molecule has 42 heavy (non-hydrogen) atoms. The van der Waals surface area contributed by atoms with Crippen LogP contribution in [0.25, 0.3) is 10.9 Å². The Bertz CT molecular complexity index is 1480. The maximum Gasteiger partial charge on any atom is 0.228 e. The molecule has 2 aromatic heterocycles. The van der Waals surface area contributed by atoms with Crippen molar-refractivity contribution in [3.8, 4) is 0 Å². The highest BCUT2D eigenvalue weighted by atomic mass is 31.1. The highest BCUT2D eigenvalue weighted by Gasteiger charge is 2.25. The average Bonchev–Trinajstić information content (AvgIpc) is 3.85. The molecule has 0 spiro atoms. The second kappa shape index (κ2) is 13.6. The van der Waals surface area contributed by atoms with Gasteiger partial charge in [-0.15, -0.1) is 0 Å². The van der Waals surface area contributed by atoms with Crippen LogP contribution in [0, 0.1) is 0 Å². The predicted octanol–water partition coefficient (Wildman–Crippen LogP) is 5.77. The number of hydrogen-bond donors (Lipinski definition) is 2. The molecule has 1 aliphatic heterocycles. The molecule has 222 valence electrons. The zero-order valence-corrected chi connectivity index (χ0v) is 27.3. The molecule has 1 saturated heterocycles. The molecule has 1 atom stereocenters. The normalized spacial score (nSPS) is 17.4. The van der Waals surface area contributed by atoms with Crippen LogP contribution in [0.3, 0.4) is 0 Å². The molecule has 2 aliphatic rings. The molecule has 1 aliphatic carbocycles.